The predicted molar refractivity (Wildman–Crippen MR) is 85.1 cm³/mol. The van der Waals surface area contributed by atoms with Crippen molar-refractivity contribution < 1.29 is 24.1 Å². The normalized spacial score (nSPS) is 10.1. The summed E-state index contributed by atoms with van der Waals surface area (Å²) in [5.74, 6) is 0.576. The van der Waals surface area contributed by atoms with Crippen LogP contribution in [0.15, 0.2) is 46.9 Å². The summed E-state index contributed by atoms with van der Waals surface area (Å²) in [6, 6.07) is 11.9. The van der Waals surface area contributed by atoms with Crippen LogP contribution < -0.4 is 14.2 Å². The van der Waals surface area contributed by atoms with Gasteiger partial charge < -0.3 is 19.3 Å². The van der Waals surface area contributed by atoms with Gasteiger partial charge in [-0.2, -0.15) is 0 Å². The van der Waals surface area contributed by atoms with Gasteiger partial charge in [-0.25, -0.2) is 4.79 Å². The zero-order valence-corrected chi connectivity index (χ0v) is 13.5. The Morgan fingerprint density at radius 3 is 2.36 bits per heavy atom. The van der Waals surface area contributed by atoms with Crippen molar-refractivity contribution in [2.45, 2.75) is 0 Å². The molecule has 2 rings (SSSR count). The molecule has 0 unspecified atom stereocenters. The molecule has 0 fully saturated rings. The fourth-order valence-electron chi connectivity index (χ4n) is 1.76. The van der Waals surface area contributed by atoms with E-state index in [-0.39, 0.29) is 12.2 Å². The number of aromatic carboxylic acids is 1. The van der Waals surface area contributed by atoms with E-state index < -0.39 is 5.97 Å². The molecule has 0 heterocycles. The van der Waals surface area contributed by atoms with Crippen LogP contribution in [0, 0.1) is 0 Å². The van der Waals surface area contributed by atoms with Crippen LogP contribution in [0.4, 0.5) is 0 Å². The summed E-state index contributed by atoms with van der Waals surface area (Å²) in [5, 5.41) is 8.99. The maximum Gasteiger partial charge on any atom is 0.335 e. The quantitative estimate of drug-likeness (QED) is 0.758. The summed E-state index contributed by atoms with van der Waals surface area (Å²) in [6.45, 7) is 0.609. The van der Waals surface area contributed by atoms with Crippen LogP contribution >= 0.6 is 15.9 Å². The first-order chi connectivity index (χ1) is 10.6. The third-order valence-electron chi connectivity index (χ3n) is 2.83. The van der Waals surface area contributed by atoms with Crippen molar-refractivity contribution in [3.8, 4) is 17.2 Å². The lowest BCUT2D eigenvalue weighted by molar-refractivity contribution is 0.0696. The molecular weight excluding hydrogens is 352 g/mol. The highest BCUT2D eigenvalue weighted by Gasteiger charge is 2.10. The Labute approximate surface area is 136 Å². The molecule has 2 aromatic rings. The van der Waals surface area contributed by atoms with E-state index >= 15 is 0 Å². The number of ether oxygens (including phenoxy) is 3. The molecule has 0 radical (unpaired) electrons. The first-order valence-corrected chi connectivity index (χ1v) is 7.32. The fourth-order valence-corrected chi connectivity index (χ4v) is 2.03. The van der Waals surface area contributed by atoms with Gasteiger partial charge in [0.2, 0.25) is 0 Å². The molecule has 0 spiro atoms. The molecule has 2 aromatic carbocycles. The Morgan fingerprint density at radius 1 is 1.05 bits per heavy atom. The van der Waals surface area contributed by atoms with E-state index in [9.17, 15) is 4.79 Å². The van der Waals surface area contributed by atoms with Gasteiger partial charge >= 0.3 is 5.97 Å². The number of methoxy groups -OCH3 is 1. The first kappa shape index (κ1) is 16.2. The average Bonchev–Trinajstić information content (AvgIpc) is 2.53. The van der Waals surface area contributed by atoms with Crippen LogP contribution in [0.2, 0.25) is 0 Å². The number of carboxylic acid groups (broad SMARTS) is 1. The van der Waals surface area contributed by atoms with E-state index in [0.29, 0.717) is 18.1 Å². The second kappa shape index (κ2) is 7.70. The SMILES string of the molecule is COc1ccc(C(=O)O)cc1OCCOc1ccc(Br)cc1. The van der Waals surface area contributed by atoms with E-state index in [1.807, 2.05) is 24.3 Å². The van der Waals surface area contributed by atoms with Crippen molar-refractivity contribution in [3.05, 3.63) is 52.5 Å². The molecule has 0 aliphatic carbocycles. The maximum atomic E-state index is 11.0. The van der Waals surface area contributed by atoms with E-state index in [0.717, 1.165) is 10.2 Å². The topological polar surface area (TPSA) is 65.0 Å². The molecule has 0 aliphatic rings. The molecule has 1 N–H and O–H groups in total. The molecule has 0 aromatic heterocycles. The average molecular weight is 367 g/mol. The molecule has 0 amide bonds. The van der Waals surface area contributed by atoms with E-state index in [1.54, 1.807) is 6.07 Å². The highest BCUT2D eigenvalue weighted by atomic mass is 79.9. The van der Waals surface area contributed by atoms with E-state index in [2.05, 4.69) is 15.9 Å². The summed E-state index contributed by atoms with van der Waals surface area (Å²) in [4.78, 5) is 11.0. The molecule has 6 heteroatoms. The van der Waals surface area contributed by atoms with Gasteiger partial charge in [0.15, 0.2) is 11.5 Å². The van der Waals surface area contributed by atoms with Gasteiger partial charge in [0, 0.05) is 4.47 Å². The van der Waals surface area contributed by atoms with Crippen LogP contribution in [-0.2, 0) is 0 Å². The van der Waals surface area contributed by atoms with Gasteiger partial charge in [-0.1, -0.05) is 15.9 Å². The van der Waals surface area contributed by atoms with Crippen molar-refractivity contribution in [3.63, 3.8) is 0 Å². The maximum absolute atomic E-state index is 11.0. The van der Waals surface area contributed by atoms with Crippen molar-refractivity contribution in [1.29, 1.82) is 0 Å². The minimum atomic E-state index is -1.02. The van der Waals surface area contributed by atoms with Gasteiger partial charge in [0.25, 0.3) is 0 Å². The Hall–Kier alpha value is -2.21. The third-order valence-corrected chi connectivity index (χ3v) is 3.36. The van der Waals surface area contributed by atoms with Gasteiger partial charge in [0.1, 0.15) is 19.0 Å². The number of rotatable bonds is 7. The highest BCUT2D eigenvalue weighted by molar-refractivity contribution is 9.10. The fraction of sp³-hybridized carbons (Fsp3) is 0.188. The smallest absolute Gasteiger partial charge is 0.335 e. The minimum Gasteiger partial charge on any atom is -0.493 e. The van der Waals surface area contributed by atoms with E-state index in [4.69, 9.17) is 19.3 Å². The van der Waals surface area contributed by atoms with Crippen LogP contribution in [0.1, 0.15) is 10.4 Å². The molecule has 0 bridgehead atoms. The van der Waals surface area contributed by atoms with Crippen LogP contribution in [0.3, 0.4) is 0 Å². The Morgan fingerprint density at radius 2 is 1.73 bits per heavy atom. The van der Waals surface area contributed by atoms with Crippen LogP contribution in [-0.4, -0.2) is 31.4 Å². The third kappa shape index (κ3) is 4.39. The van der Waals surface area contributed by atoms with Gasteiger partial charge in [0.05, 0.1) is 12.7 Å². The Kier molecular flexibility index (Phi) is 5.66. The molecule has 22 heavy (non-hydrogen) atoms. The van der Waals surface area contributed by atoms with Gasteiger partial charge in [-0.05, 0) is 42.5 Å². The second-order valence-electron chi connectivity index (χ2n) is 4.32. The standard InChI is InChI=1S/C16H15BrO5/c1-20-14-7-2-11(16(18)19)10-15(14)22-9-8-21-13-5-3-12(17)4-6-13/h2-7,10H,8-9H2,1H3,(H,18,19). The van der Waals surface area contributed by atoms with Crippen LogP contribution in [0.5, 0.6) is 17.2 Å². The minimum absolute atomic E-state index is 0.143. The Balaban J connectivity index is 1.91. The van der Waals surface area contributed by atoms with Crippen LogP contribution in [0.25, 0.3) is 0 Å². The van der Waals surface area contributed by atoms with Crippen molar-refractivity contribution >= 4 is 21.9 Å². The van der Waals surface area contributed by atoms with Gasteiger partial charge in [-0.3, -0.25) is 0 Å². The zero-order valence-electron chi connectivity index (χ0n) is 11.9. The lowest BCUT2D eigenvalue weighted by Gasteiger charge is -2.12. The lowest BCUT2D eigenvalue weighted by atomic mass is 10.2. The molecule has 5 nitrogen and oxygen atoms in total. The van der Waals surface area contributed by atoms with Crippen molar-refractivity contribution in [1.82, 2.24) is 0 Å². The van der Waals surface area contributed by atoms with Crippen molar-refractivity contribution in [2.75, 3.05) is 20.3 Å². The molecule has 0 aliphatic heterocycles. The molecule has 0 saturated heterocycles. The summed E-state index contributed by atoms with van der Waals surface area (Å²) in [6.07, 6.45) is 0. The highest BCUT2D eigenvalue weighted by Crippen LogP contribution is 2.28. The van der Waals surface area contributed by atoms with Gasteiger partial charge in [-0.15, -0.1) is 0 Å². The number of hydrogen-bond acceptors (Lipinski definition) is 4. The summed E-state index contributed by atoms with van der Waals surface area (Å²) < 4.78 is 17.2. The summed E-state index contributed by atoms with van der Waals surface area (Å²) in [5.41, 5.74) is 0.143. The molecule has 116 valence electrons. The largest absolute Gasteiger partial charge is 0.493 e. The van der Waals surface area contributed by atoms with E-state index in [1.165, 1.54) is 19.2 Å². The first-order valence-electron chi connectivity index (χ1n) is 6.52. The monoisotopic (exact) mass is 366 g/mol. The number of hydrogen-bond donors (Lipinski definition) is 1. The Bertz CT molecular complexity index is 639. The summed E-state index contributed by atoms with van der Waals surface area (Å²) in [7, 11) is 1.50. The number of halogens is 1. The number of carbonyl (C=O) groups is 1. The summed E-state index contributed by atoms with van der Waals surface area (Å²) >= 11 is 3.35. The predicted octanol–water partition coefficient (Wildman–Crippen LogP) is 3.61. The second-order valence-corrected chi connectivity index (χ2v) is 5.24. The van der Waals surface area contributed by atoms with Crippen molar-refractivity contribution in [2.24, 2.45) is 0 Å². The molecule has 0 atom stereocenters. The number of carboxylic acids is 1. The lowest BCUT2D eigenvalue weighted by Crippen LogP contribution is -2.10. The molecule has 0 saturated carbocycles. The zero-order chi connectivity index (χ0) is 15.9. The molecular formula is C16H15BrO5. The number of benzene rings is 2.